The average Bonchev–Trinajstić information content (AvgIpc) is 2.74. The molecule has 0 bridgehead atoms. The van der Waals surface area contributed by atoms with E-state index in [4.69, 9.17) is 0 Å². The molecule has 0 spiro atoms. The van der Waals surface area contributed by atoms with Crippen LogP contribution < -0.4 is 0 Å². The molecule has 2 aliphatic rings. The van der Waals surface area contributed by atoms with Gasteiger partial charge in [-0.05, 0) is 31.5 Å². The van der Waals surface area contributed by atoms with E-state index in [1.165, 1.54) is 38.6 Å². The van der Waals surface area contributed by atoms with Crippen molar-refractivity contribution < 1.29 is 0 Å². The summed E-state index contributed by atoms with van der Waals surface area (Å²) < 4.78 is 2.96. The van der Waals surface area contributed by atoms with Crippen LogP contribution in [0.15, 0.2) is 0 Å². The van der Waals surface area contributed by atoms with Crippen molar-refractivity contribution in [1.82, 2.24) is 4.57 Å². The highest BCUT2D eigenvalue weighted by Crippen LogP contribution is 2.29. The molecule has 2 fully saturated rings. The molecule has 0 amide bonds. The van der Waals surface area contributed by atoms with Gasteiger partial charge >= 0.3 is 0 Å². The maximum Gasteiger partial charge on any atom is 0.112 e. The molecule has 0 radical (unpaired) electrons. The lowest BCUT2D eigenvalue weighted by atomic mass is 9.95. The van der Waals surface area contributed by atoms with Crippen molar-refractivity contribution in [3.63, 3.8) is 0 Å². The molecular formula is C12H25NSi. The normalized spacial score (nSPS) is 26.1. The number of rotatable bonds is 3. The van der Waals surface area contributed by atoms with Crippen molar-refractivity contribution in [3.05, 3.63) is 0 Å². The zero-order chi connectivity index (χ0) is 9.80. The molecule has 2 rings (SSSR count). The minimum Gasteiger partial charge on any atom is -0.324 e. The molecule has 2 heteroatoms. The Labute approximate surface area is 90.6 Å². The van der Waals surface area contributed by atoms with Gasteiger partial charge in [0.2, 0.25) is 0 Å². The first-order valence-electron chi connectivity index (χ1n) is 6.67. The first-order valence-corrected chi connectivity index (χ1v) is 8.82. The van der Waals surface area contributed by atoms with Crippen LogP contribution in [-0.4, -0.2) is 26.1 Å². The SMILES string of the molecule is CCN(C1CCCCC1)[SiH]1CCCC1. The molecule has 0 aromatic carbocycles. The van der Waals surface area contributed by atoms with Crippen LogP contribution in [-0.2, 0) is 0 Å². The van der Waals surface area contributed by atoms with E-state index >= 15 is 0 Å². The van der Waals surface area contributed by atoms with Gasteiger partial charge in [0.1, 0.15) is 8.96 Å². The second-order valence-corrected chi connectivity index (χ2v) is 8.19. The molecule has 1 nitrogen and oxygen atoms in total. The topological polar surface area (TPSA) is 3.24 Å². The van der Waals surface area contributed by atoms with Crippen LogP contribution in [0.1, 0.15) is 51.9 Å². The van der Waals surface area contributed by atoms with Crippen molar-refractivity contribution in [2.45, 2.75) is 70.0 Å². The first kappa shape index (κ1) is 10.7. The molecule has 14 heavy (non-hydrogen) atoms. The van der Waals surface area contributed by atoms with E-state index < -0.39 is 8.96 Å². The third kappa shape index (κ3) is 2.40. The summed E-state index contributed by atoms with van der Waals surface area (Å²) in [6.07, 6.45) is 10.6. The third-order valence-corrected chi connectivity index (χ3v) is 8.08. The van der Waals surface area contributed by atoms with E-state index in [1.54, 1.807) is 24.9 Å². The minimum atomic E-state index is -0.436. The van der Waals surface area contributed by atoms with Gasteiger partial charge in [0.05, 0.1) is 0 Å². The van der Waals surface area contributed by atoms with Crippen molar-refractivity contribution in [2.75, 3.05) is 6.54 Å². The number of nitrogens with zero attached hydrogens (tertiary/aromatic N) is 1. The summed E-state index contributed by atoms with van der Waals surface area (Å²) >= 11 is 0. The molecule has 1 saturated carbocycles. The summed E-state index contributed by atoms with van der Waals surface area (Å²) in [6.45, 7) is 3.74. The maximum atomic E-state index is 2.96. The van der Waals surface area contributed by atoms with Crippen LogP contribution in [0.5, 0.6) is 0 Å². The molecule has 1 heterocycles. The Hall–Kier alpha value is 0.177. The van der Waals surface area contributed by atoms with Crippen molar-refractivity contribution >= 4 is 8.96 Å². The second-order valence-electron chi connectivity index (χ2n) is 5.06. The lowest BCUT2D eigenvalue weighted by Crippen LogP contribution is -2.45. The molecule has 1 aliphatic heterocycles. The summed E-state index contributed by atoms with van der Waals surface area (Å²) in [5.74, 6) is 0. The van der Waals surface area contributed by atoms with E-state index in [0.717, 1.165) is 6.04 Å². The Morgan fingerprint density at radius 3 is 2.21 bits per heavy atom. The third-order valence-electron chi connectivity index (χ3n) is 4.20. The molecule has 0 atom stereocenters. The molecule has 1 saturated heterocycles. The quantitative estimate of drug-likeness (QED) is 0.648. The highest BCUT2D eigenvalue weighted by molar-refractivity contribution is 6.56. The predicted octanol–water partition coefficient (Wildman–Crippen LogP) is 3.16. The Balaban J connectivity index is 1.89. The van der Waals surface area contributed by atoms with Crippen LogP contribution in [0.2, 0.25) is 12.1 Å². The highest BCUT2D eigenvalue weighted by atomic mass is 28.3. The summed E-state index contributed by atoms with van der Waals surface area (Å²) in [5, 5.41) is 0. The Bertz CT molecular complexity index is 160. The zero-order valence-corrected chi connectivity index (χ0v) is 10.8. The zero-order valence-electron chi connectivity index (χ0n) is 9.67. The summed E-state index contributed by atoms with van der Waals surface area (Å²) in [6, 6.07) is 4.23. The van der Waals surface area contributed by atoms with E-state index in [0.29, 0.717) is 0 Å². The molecule has 0 aromatic rings. The number of hydrogen-bond acceptors (Lipinski definition) is 1. The Morgan fingerprint density at radius 2 is 1.64 bits per heavy atom. The van der Waals surface area contributed by atoms with Crippen LogP contribution in [0.4, 0.5) is 0 Å². The lowest BCUT2D eigenvalue weighted by Gasteiger charge is -2.37. The van der Waals surface area contributed by atoms with Gasteiger partial charge in [-0.15, -0.1) is 0 Å². The fourth-order valence-corrected chi connectivity index (χ4v) is 7.35. The smallest absolute Gasteiger partial charge is 0.112 e. The predicted molar refractivity (Wildman–Crippen MR) is 65.3 cm³/mol. The van der Waals surface area contributed by atoms with Crippen LogP contribution in [0.3, 0.4) is 0 Å². The van der Waals surface area contributed by atoms with Crippen LogP contribution in [0, 0.1) is 0 Å². The first-order chi connectivity index (χ1) is 6.92. The maximum absolute atomic E-state index is 2.96. The van der Waals surface area contributed by atoms with E-state index in [9.17, 15) is 0 Å². The minimum absolute atomic E-state index is 0.436. The molecular weight excluding hydrogens is 186 g/mol. The van der Waals surface area contributed by atoms with Crippen molar-refractivity contribution in [3.8, 4) is 0 Å². The van der Waals surface area contributed by atoms with Gasteiger partial charge in [-0.3, -0.25) is 0 Å². The lowest BCUT2D eigenvalue weighted by molar-refractivity contribution is 0.259. The van der Waals surface area contributed by atoms with Gasteiger partial charge in [-0.25, -0.2) is 0 Å². The van der Waals surface area contributed by atoms with Crippen molar-refractivity contribution in [1.29, 1.82) is 0 Å². The Kier molecular flexibility index (Phi) is 4.06. The fourth-order valence-electron chi connectivity index (χ4n) is 3.46. The van der Waals surface area contributed by atoms with Gasteiger partial charge in [-0.1, -0.05) is 39.0 Å². The number of hydrogen-bond donors (Lipinski definition) is 0. The van der Waals surface area contributed by atoms with Gasteiger partial charge in [0, 0.05) is 6.04 Å². The summed E-state index contributed by atoms with van der Waals surface area (Å²) in [5.41, 5.74) is 0. The summed E-state index contributed by atoms with van der Waals surface area (Å²) in [7, 11) is -0.436. The van der Waals surface area contributed by atoms with Crippen LogP contribution >= 0.6 is 0 Å². The summed E-state index contributed by atoms with van der Waals surface area (Å²) in [4.78, 5) is 0. The largest absolute Gasteiger partial charge is 0.324 e. The van der Waals surface area contributed by atoms with Gasteiger partial charge in [0.15, 0.2) is 0 Å². The van der Waals surface area contributed by atoms with Gasteiger partial charge in [-0.2, -0.15) is 0 Å². The standard InChI is InChI=1S/C12H25NSi/c1-2-13(14-10-6-7-11-14)12-8-4-3-5-9-12/h12,14H,2-11H2,1H3. The van der Waals surface area contributed by atoms with E-state index in [2.05, 4.69) is 11.5 Å². The average molecular weight is 211 g/mol. The molecule has 0 N–H and O–H groups in total. The highest BCUT2D eigenvalue weighted by Gasteiger charge is 2.29. The van der Waals surface area contributed by atoms with Gasteiger partial charge < -0.3 is 4.57 Å². The molecule has 82 valence electrons. The van der Waals surface area contributed by atoms with E-state index in [-0.39, 0.29) is 0 Å². The van der Waals surface area contributed by atoms with Gasteiger partial charge in [0.25, 0.3) is 0 Å². The second kappa shape index (κ2) is 5.31. The van der Waals surface area contributed by atoms with Crippen LogP contribution in [0.25, 0.3) is 0 Å². The molecule has 0 unspecified atom stereocenters. The van der Waals surface area contributed by atoms with Crippen molar-refractivity contribution in [2.24, 2.45) is 0 Å². The molecule has 1 aliphatic carbocycles. The Morgan fingerprint density at radius 1 is 1.00 bits per heavy atom. The fraction of sp³-hybridized carbons (Fsp3) is 1.00. The van der Waals surface area contributed by atoms with E-state index in [1.807, 2.05) is 0 Å². The monoisotopic (exact) mass is 211 g/mol. The molecule has 0 aromatic heterocycles.